The molecule has 1 aromatic carbocycles. The first-order chi connectivity index (χ1) is 14.5. The second-order valence-electron chi connectivity index (χ2n) is 6.87. The maximum absolute atomic E-state index is 13.0. The van der Waals surface area contributed by atoms with Crippen molar-refractivity contribution >= 4 is 27.5 Å². The third kappa shape index (κ3) is 3.95. The van der Waals surface area contributed by atoms with Gasteiger partial charge in [-0.1, -0.05) is 36.4 Å². The molecule has 7 nitrogen and oxygen atoms in total. The van der Waals surface area contributed by atoms with Crippen LogP contribution in [0.1, 0.15) is 20.9 Å². The lowest BCUT2D eigenvalue weighted by Gasteiger charge is -2.08. The highest BCUT2D eigenvalue weighted by Crippen LogP contribution is 2.21. The predicted molar refractivity (Wildman–Crippen MR) is 117 cm³/mol. The smallest absolute Gasteiger partial charge is 0.332 e. The average molecular weight is 420 g/mol. The number of aromatic nitrogens is 3. The minimum absolute atomic E-state index is 0.184. The van der Waals surface area contributed by atoms with Gasteiger partial charge in [-0.25, -0.2) is 4.79 Å². The first-order valence-electron chi connectivity index (χ1n) is 9.50. The number of fused-ring (bicyclic) bond motifs is 1. The number of nitrogens with zero attached hydrogens (tertiary/aromatic N) is 3. The van der Waals surface area contributed by atoms with E-state index in [0.717, 1.165) is 22.6 Å². The maximum Gasteiger partial charge on any atom is 0.332 e. The van der Waals surface area contributed by atoms with Crippen LogP contribution in [0.15, 0.2) is 70.4 Å². The fourth-order valence-electron chi connectivity index (χ4n) is 3.24. The number of benzene rings is 1. The zero-order valence-corrected chi connectivity index (χ0v) is 17.2. The van der Waals surface area contributed by atoms with Gasteiger partial charge in [0.1, 0.15) is 4.83 Å². The summed E-state index contributed by atoms with van der Waals surface area (Å²) in [4.78, 5) is 43.4. The van der Waals surface area contributed by atoms with Crippen molar-refractivity contribution in [3.8, 4) is 0 Å². The molecule has 0 fully saturated rings. The van der Waals surface area contributed by atoms with Gasteiger partial charge < -0.3 is 5.32 Å². The zero-order valence-electron chi connectivity index (χ0n) is 16.4. The second kappa shape index (κ2) is 8.46. The fraction of sp³-hybridized carbons (Fsp3) is 0.182. The molecule has 0 aliphatic rings. The molecule has 0 atom stereocenters. The third-order valence-corrected chi connectivity index (χ3v) is 6.02. The Balaban J connectivity index is 1.59. The number of nitrogens with one attached hydrogen (secondary N) is 1. The van der Waals surface area contributed by atoms with Crippen LogP contribution >= 0.6 is 11.3 Å². The molecule has 0 saturated heterocycles. The highest BCUT2D eigenvalue weighted by Gasteiger charge is 2.17. The van der Waals surface area contributed by atoms with E-state index in [1.165, 1.54) is 9.13 Å². The molecule has 4 rings (SSSR count). The molecule has 8 heteroatoms. The van der Waals surface area contributed by atoms with E-state index in [2.05, 4.69) is 10.3 Å². The molecule has 1 N–H and O–H groups in total. The average Bonchev–Trinajstić information content (AvgIpc) is 3.23. The van der Waals surface area contributed by atoms with Crippen LogP contribution in [-0.2, 0) is 20.0 Å². The first kappa shape index (κ1) is 19.8. The molecular weight excluding hydrogens is 400 g/mol. The van der Waals surface area contributed by atoms with Crippen LogP contribution in [0, 0.1) is 0 Å². The molecule has 30 heavy (non-hydrogen) atoms. The van der Waals surface area contributed by atoms with E-state index in [1.54, 1.807) is 19.3 Å². The lowest BCUT2D eigenvalue weighted by molar-refractivity contribution is 0.0958. The predicted octanol–water partition coefficient (Wildman–Crippen LogP) is 2.18. The number of hydrogen-bond acceptors (Lipinski definition) is 5. The maximum atomic E-state index is 13.0. The normalized spacial score (nSPS) is 11.0. The Morgan fingerprint density at radius 2 is 1.87 bits per heavy atom. The number of pyridine rings is 1. The van der Waals surface area contributed by atoms with Crippen molar-refractivity contribution in [3.05, 3.63) is 97.8 Å². The number of amides is 1. The zero-order chi connectivity index (χ0) is 21.1. The summed E-state index contributed by atoms with van der Waals surface area (Å²) in [5.41, 5.74) is 0.958. The lowest BCUT2D eigenvalue weighted by Crippen LogP contribution is -2.38. The van der Waals surface area contributed by atoms with E-state index in [1.807, 2.05) is 48.5 Å². The van der Waals surface area contributed by atoms with E-state index < -0.39 is 5.69 Å². The van der Waals surface area contributed by atoms with Crippen molar-refractivity contribution in [2.45, 2.75) is 13.0 Å². The Bertz CT molecular complexity index is 1310. The Kier molecular flexibility index (Phi) is 5.58. The van der Waals surface area contributed by atoms with Crippen LogP contribution in [0.2, 0.25) is 0 Å². The van der Waals surface area contributed by atoms with Crippen molar-refractivity contribution in [1.29, 1.82) is 0 Å². The van der Waals surface area contributed by atoms with E-state index in [4.69, 9.17) is 0 Å². The third-order valence-electron chi connectivity index (χ3n) is 4.81. The molecule has 0 unspecified atom stereocenters. The van der Waals surface area contributed by atoms with Crippen LogP contribution in [0.5, 0.6) is 0 Å². The highest BCUT2D eigenvalue weighted by atomic mass is 32.1. The number of hydrogen-bond donors (Lipinski definition) is 1. The van der Waals surface area contributed by atoms with Crippen LogP contribution in [0.3, 0.4) is 0 Å². The summed E-state index contributed by atoms with van der Waals surface area (Å²) >= 11 is 1.14. The minimum atomic E-state index is -0.402. The number of carbonyl (C=O) groups is 1. The number of aryl methyl sites for hydroxylation is 1. The van der Waals surface area contributed by atoms with E-state index in [-0.39, 0.29) is 18.0 Å². The molecule has 0 aliphatic carbocycles. The van der Waals surface area contributed by atoms with E-state index >= 15 is 0 Å². The van der Waals surface area contributed by atoms with E-state index in [0.29, 0.717) is 28.1 Å². The van der Waals surface area contributed by atoms with Crippen LogP contribution < -0.4 is 16.6 Å². The summed E-state index contributed by atoms with van der Waals surface area (Å²) in [6, 6.07) is 16.5. The summed E-state index contributed by atoms with van der Waals surface area (Å²) in [7, 11) is 1.62. The standard InChI is InChI=1S/C22H20N4O3S/c1-25-21-17(20(28)26(22(25)29)14-15-7-3-2-4-8-15)13-18(30-21)19(27)24-12-10-16-9-5-6-11-23-16/h2-9,11,13H,10,12,14H2,1H3,(H,24,27). The van der Waals surface area contributed by atoms with Crippen molar-refractivity contribution in [1.82, 2.24) is 19.4 Å². The van der Waals surface area contributed by atoms with Gasteiger partial charge in [-0.2, -0.15) is 0 Å². The molecule has 0 spiro atoms. The number of thiophene rings is 1. The Hall–Kier alpha value is -3.52. The molecule has 4 aromatic rings. The minimum Gasteiger partial charge on any atom is -0.351 e. The van der Waals surface area contributed by atoms with Gasteiger partial charge in [0.25, 0.3) is 11.5 Å². The van der Waals surface area contributed by atoms with Gasteiger partial charge >= 0.3 is 5.69 Å². The van der Waals surface area contributed by atoms with Crippen LogP contribution in [-0.4, -0.2) is 26.6 Å². The lowest BCUT2D eigenvalue weighted by atomic mass is 10.2. The highest BCUT2D eigenvalue weighted by molar-refractivity contribution is 7.20. The van der Waals surface area contributed by atoms with Crippen molar-refractivity contribution < 1.29 is 4.79 Å². The second-order valence-corrected chi connectivity index (χ2v) is 7.91. The molecule has 152 valence electrons. The largest absolute Gasteiger partial charge is 0.351 e. The SMILES string of the molecule is Cn1c(=O)n(Cc2ccccc2)c(=O)c2cc(C(=O)NCCc3ccccn3)sc21. The molecular formula is C22H20N4O3S. The molecule has 0 saturated carbocycles. The summed E-state index contributed by atoms with van der Waals surface area (Å²) in [6.07, 6.45) is 2.32. The summed E-state index contributed by atoms with van der Waals surface area (Å²) in [5.74, 6) is -0.270. The Morgan fingerprint density at radius 3 is 2.60 bits per heavy atom. The quantitative estimate of drug-likeness (QED) is 0.518. The fourth-order valence-corrected chi connectivity index (χ4v) is 4.26. The van der Waals surface area contributed by atoms with Gasteiger partial charge in [-0.05, 0) is 23.8 Å². The molecule has 0 radical (unpaired) electrons. The van der Waals surface area contributed by atoms with E-state index in [9.17, 15) is 14.4 Å². The topological polar surface area (TPSA) is 86.0 Å². The molecule has 0 aliphatic heterocycles. The Morgan fingerprint density at radius 1 is 1.10 bits per heavy atom. The van der Waals surface area contributed by atoms with Gasteiger partial charge in [-0.3, -0.25) is 23.7 Å². The number of carbonyl (C=O) groups excluding carboxylic acids is 1. The monoisotopic (exact) mass is 420 g/mol. The first-order valence-corrected chi connectivity index (χ1v) is 10.3. The van der Waals surface area contributed by atoms with Gasteiger partial charge in [-0.15, -0.1) is 11.3 Å². The Labute approximate surface area is 176 Å². The number of rotatable bonds is 6. The van der Waals surface area contributed by atoms with Crippen molar-refractivity contribution in [3.63, 3.8) is 0 Å². The van der Waals surface area contributed by atoms with Crippen molar-refractivity contribution in [2.24, 2.45) is 7.05 Å². The summed E-state index contributed by atoms with van der Waals surface area (Å²) < 4.78 is 2.63. The van der Waals surface area contributed by atoms with Gasteiger partial charge in [0, 0.05) is 31.9 Å². The summed E-state index contributed by atoms with van der Waals surface area (Å²) in [6.45, 7) is 0.616. The molecule has 3 heterocycles. The van der Waals surface area contributed by atoms with Gasteiger partial charge in [0.2, 0.25) is 0 Å². The molecule has 3 aromatic heterocycles. The molecule has 0 bridgehead atoms. The van der Waals surface area contributed by atoms with Gasteiger partial charge in [0.05, 0.1) is 16.8 Å². The van der Waals surface area contributed by atoms with Crippen molar-refractivity contribution in [2.75, 3.05) is 6.54 Å². The van der Waals surface area contributed by atoms with Crippen LogP contribution in [0.4, 0.5) is 0 Å². The summed E-state index contributed by atoms with van der Waals surface area (Å²) in [5, 5.41) is 3.22. The molecule has 1 amide bonds. The van der Waals surface area contributed by atoms with Gasteiger partial charge in [0.15, 0.2) is 0 Å². The van der Waals surface area contributed by atoms with Crippen LogP contribution in [0.25, 0.3) is 10.2 Å².